The van der Waals surface area contributed by atoms with Crippen molar-refractivity contribution >= 4 is 22.5 Å². The fraction of sp³-hybridized carbons (Fsp3) is 0.542. The van der Waals surface area contributed by atoms with Crippen LogP contribution in [0, 0.1) is 17.8 Å². The highest BCUT2D eigenvalue weighted by Gasteiger charge is 2.43. The Morgan fingerprint density at radius 1 is 1.28 bits per heavy atom. The molecule has 32 heavy (non-hydrogen) atoms. The molecule has 5 nitrogen and oxygen atoms in total. The molecule has 1 unspecified atom stereocenters. The number of benzene rings is 1. The van der Waals surface area contributed by atoms with Gasteiger partial charge in [0, 0.05) is 35.8 Å². The number of aromatic nitrogens is 1. The number of likely N-dealkylation sites (tertiary alicyclic amines) is 1. The van der Waals surface area contributed by atoms with Crippen LogP contribution in [0.15, 0.2) is 36.5 Å². The zero-order valence-corrected chi connectivity index (χ0v) is 18.3. The summed E-state index contributed by atoms with van der Waals surface area (Å²) in [5, 5.41) is 3.76. The lowest BCUT2D eigenvalue weighted by atomic mass is 10.0. The lowest BCUT2D eigenvalue weighted by Gasteiger charge is -2.20. The molecule has 2 heterocycles. The number of anilines is 1. The Balaban J connectivity index is 1.27. The van der Waals surface area contributed by atoms with Crippen LogP contribution in [0.5, 0.6) is 5.75 Å². The number of amides is 1. The topological polar surface area (TPSA) is 57.4 Å². The van der Waals surface area contributed by atoms with E-state index in [0.29, 0.717) is 55.1 Å². The van der Waals surface area contributed by atoms with Gasteiger partial charge in [-0.1, -0.05) is 13.5 Å². The van der Waals surface area contributed by atoms with Crippen LogP contribution in [-0.4, -0.2) is 48.2 Å². The molecule has 1 aliphatic carbocycles. The highest BCUT2D eigenvalue weighted by Crippen LogP contribution is 2.43. The van der Waals surface area contributed by atoms with Crippen molar-refractivity contribution in [2.45, 2.75) is 38.8 Å². The molecule has 2 aliphatic rings. The molecule has 0 spiro atoms. The number of nitrogens with zero attached hydrogens (tertiary/aromatic N) is 1. The number of aromatic amines is 1. The number of fused-ring (bicyclic) bond motifs is 2. The third-order valence-corrected chi connectivity index (χ3v) is 6.77. The molecule has 0 bridgehead atoms. The average Bonchev–Trinajstić information content (AvgIpc) is 3.39. The number of rotatable bonds is 8. The first kappa shape index (κ1) is 22.7. The summed E-state index contributed by atoms with van der Waals surface area (Å²) in [6.45, 7) is 6.56. The van der Waals surface area contributed by atoms with Crippen molar-refractivity contribution in [1.29, 1.82) is 0 Å². The normalized spacial score (nSPS) is 23.4. The van der Waals surface area contributed by atoms with Crippen molar-refractivity contribution in [3.8, 4) is 5.75 Å². The monoisotopic (exact) mass is 449 g/mol. The lowest BCUT2D eigenvalue weighted by Crippen LogP contribution is -2.33. The SMILES string of the molecule is C=C(CC)C(=O)Nc1c[nH]c2ccc(OCCC3C[C@@H]4CN(CC(F)(F)F)C[C@@H]4C3)cc12. The Labute approximate surface area is 186 Å². The van der Waals surface area contributed by atoms with E-state index in [9.17, 15) is 18.0 Å². The van der Waals surface area contributed by atoms with Gasteiger partial charge in [-0.2, -0.15) is 13.2 Å². The van der Waals surface area contributed by atoms with Gasteiger partial charge in [0.25, 0.3) is 5.91 Å². The van der Waals surface area contributed by atoms with Crippen molar-refractivity contribution in [3.05, 3.63) is 36.5 Å². The fourth-order valence-corrected chi connectivity index (χ4v) is 5.15. The van der Waals surface area contributed by atoms with E-state index in [2.05, 4.69) is 16.9 Å². The highest BCUT2D eigenvalue weighted by molar-refractivity contribution is 6.08. The number of carbonyl (C=O) groups is 1. The summed E-state index contributed by atoms with van der Waals surface area (Å²) >= 11 is 0. The standard InChI is InChI=1S/C24H30F3N3O2/c1-3-15(2)23(31)29-22-11-28-21-5-4-19(10-20(21)22)32-7-6-16-8-17-12-30(13-18(17)9-16)14-24(25,26)27/h4-5,10-11,16-18,28H,2-3,6-9,12-14H2,1H3,(H,29,31)/t16?,17-,18+. The minimum atomic E-state index is -4.11. The summed E-state index contributed by atoms with van der Waals surface area (Å²) in [6, 6.07) is 5.73. The Kier molecular flexibility index (Phi) is 6.51. The van der Waals surface area contributed by atoms with E-state index < -0.39 is 12.7 Å². The molecule has 3 atom stereocenters. The second-order valence-corrected chi connectivity index (χ2v) is 9.12. The number of halogens is 3. The Morgan fingerprint density at radius 3 is 2.66 bits per heavy atom. The molecule has 1 saturated carbocycles. The molecule has 0 radical (unpaired) electrons. The van der Waals surface area contributed by atoms with Crippen molar-refractivity contribution < 1.29 is 22.7 Å². The fourth-order valence-electron chi connectivity index (χ4n) is 5.15. The molecule has 1 aromatic carbocycles. The summed E-state index contributed by atoms with van der Waals surface area (Å²) in [4.78, 5) is 16.8. The highest BCUT2D eigenvalue weighted by atomic mass is 19.4. The van der Waals surface area contributed by atoms with Crippen LogP contribution < -0.4 is 10.1 Å². The number of ether oxygens (including phenoxy) is 1. The maximum Gasteiger partial charge on any atom is 0.401 e. The third kappa shape index (κ3) is 5.28. The van der Waals surface area contributed by atoms with Crippen molar-refractivity contribution in [3.63, 3.8) is 0 Å². The number of carbonyl (C=O) groups excluding carboxylic acids is 1. The smallest absolute Gasteiger partial charge is 0.401 e. The summed E-state index contributed by atoms with van der Waals surface area (Å²) < 4.78 is 43.8. The zero-order valence-electron chi connectivity index (χ0n) is 18.3. The van der Waals surface area contributed by atoms with Crippen molar-refractivity contribution in [1.82, 2.24) is 9.88 Å². The lowest BCUT2D eigenvalue weighted by molar-refractivity contribution is -0.144. The van der Waals surface area contributed by atoms with Gasteiger partial charge in [-0.3, -0.25) is 9.69 Å². The minimum Gasteiger partial charge on any atom is -0.494 e. The summed E-state index contributed by atoms with van der Waals surface area (Å²) in [5.41, 5.74) is 2.12. The Hall–Kier alpha value is -2.48. The van der Waals surface area contributed by atoms with Gasteiger partial charge < -0.3 is 15.0 Å². The van der Waals surface area contributed by atoms with Crippen LogP contribution in [0.3, 0.4) is 0 Å². The number of alkyl halides is 3. The molecule has 1 aromatic heterocycles. The van der Waals surface area contributed by atoms with Crippen molar-refractivity contribution in [2.75, 3.05) is 31.6 Å². The predicted octanol–water partition coefficient (Wildman–Crippen LogP) is 5.36. The maximum atomic E-state index is 12.6. The van der Waals surface area contributed by atoms with Gasteiger partial charge in [0.2, 0.25) is 0 Å². The van der Waals surface area contributed by atoms with E-state index >= 15 is 0 Å². The quantitative estimate of drug-likeness (QED) is 0.534. The van der Waals surface area contributed by atoms with E-state index in [-0.39, 0.29) is 5.91 Å². The van der Waals surface area contributed by atoms with Crippen LogP contribution in [0.2, 0.25) is 0 Å². The van der Waals surface area contributed by atoms with Gasteiger partial charge >= 0.3 is 6.18 Å². The van der Waals surface area contributed by atoms with Gasteiger partial charge in [-0.15, -0.1) is 0 Å². The molecule has 2 N–H and O–H groups in total. The molecule has 2 aromatic rings. The van der Waals surface area contributed by atoms with E-state index in [1.165, 1.54) is 0 Å². The van der Waals surface area contributed by atoms with Crippen molar-refractivity contribution in [2.24, 2.45) is 17.8 Å². The van der Waals surface area contributed by atoms with Crippen LogP contribution in [0.4, 0.5) is 18.9 Å². The van der Waals surface area contributed by atoms with Crippen LogP contribution in [0.1, 0.15) is 32.6 Å². The third-order valence-electron chi connectivity index (χ3n) is 6.77. The van der Waals surface area contributed by atoms with E-state index in [1.54, 1.807) is 11.1 Å². The van der Waals surface area contributed by atoms with E-state index in [4.69, 9.17) is 4.74 Å². The summed E-state index contributed by atoms with van der Waals surface area (Å²) in [7, 11) is 0. The molecule has 2 fully saturated rings. The molecule has 1 aliphatic heterocycles. The number of hydrogen-bond acceptors (Lipinski definition) is 3. The Bertz CT molecular complexity index is 971. The zero-order chi connectivity index (χ0) is 22.9. The van der Waals surface area contributed by atoms with Gasteiger partial charge in [-0.05, 0) is 61.6 Å². The number of hydrogen-bond donors (Lipinski definition) is 2. The van der Waals surface area contributed by atoms with E-state index in [0.717, 1.165) is 35.9 Å². The first-order chi connectivity index (χ1) is 15.2. The van der Waals surface area contributed by atoms with Gasteiger partial charge in [0.05, 0.1) is 18.8 Å². The van der Waals surface area contributed by atoms with E-state index in [1.807, 2.05) is 25.1 Å². The molecule has 174 valence electrons. The maximum absolute atomic E-state index is 12.6. The first-order valence-corrected chi connectivity index (χ1v) is 11.2. The van der Waals surface area contributed by atoms with Gasteiger partial charge in [0.15, 0.2) is 0 Å². The van der Waals surface area contributed by atoms with Gasteiger partial charge in [-0.25, -0.2) is 0 Å². The molecular weight excluding hydrogens is 419 g/mol. The molecule has 8 heteroatoms. The summed E-state index contributed by atoms with van der Waals surface area (Å²) in [6.07, 6.45) is 1.10. The molecule has 4 rings (SSSR count). The average molecular weight is 450 g/mol. The van der Waals surface area contributed by atoms with Crippen LogP contribution >= 0.6 is 0 Å². The largest absolute Gasteiger partial charge is 0.494 e. The molecule has 1 amide bonds. The molecule has 1 saturated heterocycles. The second-order valence-electron chi connectivity index (χ2n) is 9.12. The summed E-state index contributed by atoms with van der Waals surface area (Å²) in [5.74, 6) is 1.80. The number of H-pyrrole nitrogens is 1. The first-order valence-electron chi connectivity index (χ1n) is 11.2. The number of nitrogens with one attached hydrogen (secondary N) is 2. The predicted molar refractivity (Wildman–Crippen MR) is 119 cm³/mol. The van der Waals surface area contributed by atoms with Crippen LogP contribution in [-0.2, 0) is 4.79 Å². The van der Waals surface area contributed by atoms with Crippen LogP contribution in [0.25, 0.3) is 10.9 Å². The second kappa shape index (κ2) is 9.17. The minimum absolute atomic E-state index is 0.194. The Morgan fingerprint density at radius 2 is 2.00 bits per heavy atom. The van der Waals surface area contributed by atoms with Gasteiger partial charge in [0.1, 0.15) is 5.75 Å². The molecular formula is C24H30F3N3O2.